The fourth-order valence-corrected chi connectivity index (χ4v) is 3.74. The molecule has 120 valence electrons. The molecule has 4 rings (SSSR count). The van der Waals surface area contributed by atoms with Crippen LogP contribution >= 0.6 is 0 Å². The predicted octanol–water partition coefficient (Wildman–Crippen LogP) is 3.30. The Morgan fingerprint density at radius 3 is 2.43 bits per heavy atom. The maximum Gasteiger partial charge on any atom is 0.274 e. The van der Waals surface area contributed by atoms with Gasteiger partial charge in [0.2, 0.25) is 0 Å². The number of amides is 1. The van der Waals surface area contributed by atoms with Gasteiger partial charge in [-0.2, -0.15) is 5.10 Å². The molecule has 4 nitrogen and oxygen atoms in total. The highest BCUT2D eigenvalue weighted by Crippen LogP contribution is 2.28. The summed E-state index contributed by atoms with van der Waals surface area (Å²) in [6.07, 6.45) is 6.58. The van der Waals surface area contributed by atoms with Crippen LogP contribution in [0.4, 0.5) is 0 Å². The molecular formula is C19H23N3O. The van der Waals surface area contributed by atoms with Gasteiger partial charge in [0, 0.05) is 24.3 Å². The number of fused-ring (bicyclic) bond motifs is 1. The van der Waals surface area contributed by atoms with Crippen molar-refractivity contribution in [2.75, 3.05) is 13.1 Å². The first kappa shape index (κ1) is 14.5. The molecule has 1 saturated heterocycles. The summed E-state index contributed by atoms with van der Waals surface area (Å²) in [5.41, 5.74) is 5.43. The molecule has 1 aromatic heterocycles. The number of benzene rings is 1. The molecule has 0 N–H and O–H groups in total. The summed E-state index contributed by atoms with van der Waals surface area (Å²) in [5.74, 6) is 0.131. The molecule has 0 saturated carbocycles. The summed E-state index contributed by atoms with van der Waals surface area (Å²) < 4.78 is 2.01. The van der Waals surface area contributed by atoms with Crippen molar-refractivity contribution in [3.05, 3.63) is 46.8 Å². The first-order chi connectivity index (χ1) is 11.2. The molecule has 1 amide bonds. The number of aryl methyl sites for hydroxylation is 1. The summed E-state index contributed by atoms with van der Waals surface area (Å²) in [6, 6.07) is 8.41. The topological polar surface area (TPSA) is 38.1 Å². The van der Waals surface area contributed by atoms with Crippen molar-refractivity contribution >= 4 is 5.91 Å². The van der Waals surface area contributed by atoms with E-state index in [0.29, 0.717) is 5.69 Å². The predicted molar refractivity (Wildman–Crippen MR) is 90.1 cm³/mol. The van der Waals surface area contributed by atoms with Crippen molar-refractivity contribution in [1.29, 1.82) is 0 Å². The lowest BCUT2D eigenvalue weighted by molar-refractivity contribution is 0.0785. The van der Waals surface area contributed by atoms with Crippen molar-refractivity contribution in [1.82, 2.24) is 14.7 Å². The second kappa shape index (κ2) is 5.84. The standard InChI is InChI=1S/C19H23N3O/c1-14-8-10-15(11-9-14)22-17-7-3-2-6-16(17)18(20-22)19(23)21-12-4-5-13-21/h8-11H,2-7,12-13H2,1H3. The first-order valence-corrected chi connectivity index (χ1v) is 8.71. The Balaban J connectivity index is 1.78. The Bertz CT molecular complexity index is 724. The maximum atomic E-state index is 12.9. The van der Waals surface area contributed by atoms with Crippen LogP contribution in [-0.4, -0.2) is 33.7 Å². The van der Waals surface area contributed by atoms with Gasteiger partial charge in [-0.25, -0.2) is 4.68 Å². The number of aromatic nitrogens is 2. The lowest BCUT2D eigenvalue weighted by Crippen LogP contribution is -2.29. The number of hydrogen-bond acceptors (Lipinski definition) is 2. The number of rotatable bonds is 2. The zero-order valence-corrected chi connectivity index (χ0v) is 13.7. The quantitative estimate of drug-likeness (QED) is 0.853. The van der Waals surface area contributed by atoms with Crippen molar-refractivity contribution in [2.24, 2.45) is 0 Å². The third kappa shape index (κ3) is 2.56. The Morgan fingerprint density at radius 1 is 1.00 bits per heavy atom. The second-order valence-corrected chi connectivity index (χ2v) is 6.73. The van der Waals surface area contributed by atoms with E-state index in [-0.39, 0.29) is 5.91 Å². The van der Waals surface area contributed by atoms with Crippen molar-refractivity contribution in [3.8, 4) is 5.69 Å². The molecular weight excluding hydrogens is 286 g/mol. The van der Waals surface area contributed by atoms with E-state index in [1.807, 2.05) is 9.58 Å². The van der Waals surface area contributed by atoms with Crippen LogP contribution in [0.25, 0.3) is 5.69 Å². The largest absolute Gasteiger partial charge is 0.337 e. The van der Waals surface area contributed by atoms with E-state index < -0.39 is 0 Å². The van der Waals surface area contributed by atoms with Gasteiger partial charge >= 0.3 is 0 Å². The highest BCUT2D eigenvalue weighted by atomic mass is 16.2. The van der Waals surface area contributed by atoms with Crippen LogP contribution in [0.5, 0.6) is 0 Å². The van der Waals surface area contributed by atoms with Crippen LogP contribution in [0, 0.1) is 6.92 Å². The third-order valence-corrected chi connectivity index (χ3v) is 5.05. The summed E-state index contributed by atoms with van der Waals surface area (Å²) in [4.78, 5) is 14.8. The molecule has 0 spiro atoms. The summed E-state index contributed by atoms with van der Waals surface area (Å²) in [5, 5.41) is 4.76. The van der Waals surface area contributed by atoms with E-state index in [9.17, 15) is 4.79 Å². The van der Waals surface area contributed by atoms with E-state index in [2.05, 4.69) is 31.2 Å². The highest BCUT2D eigenvalue weighted by molar-refractivity contribution is 5.94. The smallest absolute Gasteiger partial charge is 0.274 e. The molecule has 1 fully saturated rings. The summed E-state index contributed by atoms with van der Waals surface area (Å²) in [6.45, 7) is 3.85. The SMILES string of the molecule is Cc1ccc(-n2nc(C(=O)N3CCCC3)c3c2CCCC3)cc1. The van der Waals surface area contributed by atoms with Gasteiger partial charge in [0.15, 0.2) is 5.69 Å². The first-order valence-electron chi connectivity index (χ1n) is 8.71. The minimum absolute atomic E-state index is 0.131. The van der Waals surface area contributed by atoms with E-state index in [1.54, 1.807) is 0 Å². The molecule has 0 radical (unpaired) electrons. The maximum absolute atomic E-state index is 12.9. The Morgan fingerprint density at radius 2 is 1.70 bits per heavy atom. The van der Waals surface area contributed by atoms with Gasteiger partial charge in [0.1, 0.15) is 0 Å². The van der Waals surface area contributed by atoms with Crippen molar-refractivity contribution in [2.45, 2.75) is 45.4 Å². The van der Waals surface area contributed by atoms with Gasteiger partial charge in [-0.15, -0.1) is 0 Å². The van der Waals surface area contributed by atoms with Gasteiger partial charge in [-0.3, -0.25) is 4.79 Å². The molecule has 4 heteroatoms. The molecule has 2 heterocycles. The monoisotopic (exact) mass is 309 g/mol. The van der Waals surface area contributed by atoms with Crippen molar-refractivity contribution < 1.29 is 4.79 Å². The summed E-state index contributed by atoms with van der Waals surface area (Å²) >= 11 is 0. The lowest BCUT2D eigenvalue weighted by atomic mass is 9.95. The molecule has 1 aliphatic carbocycles. The zero-order chi connectivity index (χ0) is 15.8. The van der Waals surface area contributed by atoms with Crippen LogP contribution in [0.2, 0.25) is 0 Å². The molecule has 1 aromatic carbocycles. The second-order valence-electron chi connectivity index (χ2n) is 6.73. The van der Waals surface area contributed by atoms with Gasteiger partial charge in [0.05, 0.1) is 5.69 Å². The van der Waals surface area contributed by atoms with E-state index >= 15 is 0 Å². The number of likely N-dealkylation sites (tertiary alicyclic amines) is 1. The molecule has 1 aliphatic heterocycles. The molecule has 0 atom stereocenters. The van der Waals surface area contributed by atoms with Crippen LogP contribution < -0.4 is 0 Å². The molecule has 23 heavy (non-hydrogen) atoms. The number of hydrogen-bond donors (Lipinski definition) is 0. The average molecular weight is 309 g/mol. The van der Waals surface area contributed by atoms with Crippen LogP contribution in [0.1, 0.15) is 53.0 Å². The van der Waals surface area contributed by atoms with Crippen molar-refractivity contribution in [3.63, 3.8) is 0 Å². The normalized spacial score (nSPS) is 17.3. The van der Waals surface area contributed by atoms with Gasteiger partial charge in [0.25, 0.3) is 5.91 Å². The van der Waals surface area contributed by atoms with Crippen LogP contribution in [0.3, 0.4) is 0 Å². The lowest BCUT2D eigenvalue weighted by Gasteiger charge is -2.16. The summed E-state index contributed by atoms with van der Waals surface area (Å²) in [7, 11) is 0. The molecule has 0 bridgehead atoms. The number of carbonyl (C=O) groups excluding carboxylic acids is 1. The number of carbonyl (C=O) groups is 1. The number of nitrogens with zero attached hydrogens (tertiary/aromatic N) is 3. The Hall–Kier alpha value is -2.10. The fourth-order valence-electron chi connectivity index (χ4n) is 3.74. The molecule has 2 aliphatic rings. The van der Waals surface area contributed by atoms with E-state index in [4.69, 9.17) is 5.10 Å². The van der Waals surface area contributed by atoms with E-state index in [1.165, 1.54) is 23.2 Å². The molecule has 0 unspecified atom stereocenters. The van der Waals surface area contributed by atoms with Gasteiger partial charge in [-0.05, 0) is 57.6 Å². The van der Waals surface area contributed by atoms with Crippen LogP contribution in [0.15, 0.2) is 24.3 Å². The van der Waals surface area contributed by atoms with E-state index in [0.717, 1.165) is 50.9 Å². The minimum Gasteiger partial charge on any atom is -0.337 e. The van der Waals surface area contributed by atoms with Gasteiger partial charge in [-0.1, -0.05) is 17.7 Å². The zero-order valence-electron chi connectivity index (χ0n) is 13.7. The average Bonchev–Trinajstić information content (AvgIpc) is 3.23. The van der Waals surface area contributed by atoms with Crippen LogP contribution in [-0.2, 0) is 12.8 Å². The Labute approximate surface area is 137 Å². The molecule has 2 aromatic rings. The third-order valence-electron chi connectivity index (χ3n) is 5.05. The fraction of sp³-hybridized carbons (Fsp3) is 0.474. The Kier molecular flexibility index (Phi) is 3.68. The minimum atomic E-state index is 0.131. The highest BCUT2D eigenvalue weighted by Gasteiger charge is 2.29. The van der Waals surface area contributed by atoms with Gasteiger partial charge < -0.3 is 4.90 Å².